The molecule has 1 fully saturated rings. The molecule has 6 heteroatoms. The summed E-state index contributed by atoms with van der Waals surface area (Å²) in [5.41, 5.74) is 2.34. The van der Waals surface area contributed by atoms with Crippen molar-refractivity contribution < 1.29 is 18.8 Å². The number of fused-ring (bicyclic) bond motifs is 1. The molecule has 1 aromatic heterocycles. The second-order valence-corrected chi connectivity index (χ2v) is 6.16. The molecule has 0 spiro atoms. The highest BCUT2D eigenvalue weighted by atomic mass is 16.7. The van der Waals surface area contributed by atoms with Crippen molar-refractivity contribution in [2.75, 3.05) is 13.2 Å². The molecule has 0 radical (unpaired) electrons. The van der Waals surface area contributed by atoms with Gasteiger partial charge >= 0.3 is 5.63 Å². The quantitative estimate of drug-likeness (QED) is 0.809. The minimum Gasteiger partial charge on any atom is -0.480 e. The van der Waals surface area contributed by atoms with Crippen LogP contribution in [-0.4, -0.2) is 30.2 Å². The average Bonchev–Trinajstić information content (AvgIpc) is 3.05. The van der Waals surface area contributed by atoms with Gasteiger partial charge in [0.1, 0.15) is 11.3 Å². The predicted octanol–water partition coefficient (Wildman–Crippen LogP) is 2.65. The predicted molar refractivity (Wildman–Crippen MR) is 89.1 cm³/mol. The lowest BCUT2D eigenvalue weighted by Crippen LogP contribution is -2.38. The topological polar surface area (TPSA) is 69.0 Å². The van der Waals surface area contributed by atoms with Crippen molar-refractivity contribution in [3.63, 3.8) is 0 Å². The Labute approximate surface area is 139 Å². The largest absolute Gasteiger partial charge is 0.480 e. The fourth-order valence-corrected chi connectivity index (χ4v) is 2.85. The third-order valence-corrected chi connectivity index (χ3v) is 4.31. The van der Waals surface area contributed by atoms with Gasteiger partial charge in [-0.1, -0.05) is 0 Å². The molecule has 6 nitrogen and oxygen atoms in total. The Morgan fingerprint density at radius 3 is 2.67 bits per heavy atom. The number of carbonyl (C=O) groups is 1. The molecule has 1 amide bonds. The second kappa shape index (κ2) is 6.28. The summed E-state index contributed by atoms with van der Waals surface area (Å²) in [7, 11) is 0. The van der Waals surface area contributed by atoms with Gasteiger partial charge in [0.15, 0.2) is 6.10 Å². The molecular weight excluding hydrogens is 310 g/mol. The van der Waals surface area contributed by atoms with Gasteiger partial charge in [-0.2, -0.15) is 0 Å². The Morgan fingerprint density at radius 2 is 2.00 bits per heavy atom. The van der Waals surface area contributed by atoms with E-state index < -0.39 is 6.10 Å². The van der Waals surface area contributed by atoms with Gasteiger partial charge in [-0.3, -0.25) is 9.63 Å². The van der Waals surface area contributed by atoms with E-state index in [-0.39, 0.29) is 11.5 Å². The normalized spacial score (nSPS) is 15.8. The van der Waals surface area contributed by atoms with Crippen LogP contribution < -0.4 is 10.4 Å². The van der Waals surface area contributed by atoms with Gasteiger partial charge in [0.25, 0.3) is 5.91 Å². The fourth-order valence-electron chi connectivity index (χ4n) is 2.85. The van der Waals surface area contributed by atoms with Crippen LogP contribution in [0.25, 0.3) is 11.0 Å². The number of hydrogen-bond donors (Lipinski definition) is 0. The van der Waals surface area contributed by atoms with Gasteiger partial charge in [0, 0.05) is 5.56 Å². The van der Waals surface area contributed by atoms with E-state index in [1.807, 2.05) is 19.9 Å². The Kier molecular flexibility index (Phi) is 4.32. The lowest BCUT2D eigenvalue weighted by molar-refractivity contribution is -0.175. The third-order valence-electron chi connectivity index (χ3n) is 4.31. The van der Waals surface area contributed by atoms with Crippen molar-refractivity contribution in [3.05, 3.63) is 39.2 Å². The molecule has 0 saturated carbocycles. The molecule has 0 bridgehead atoms. The first-order chi connectivity index (χ1) is 11.4. The molecule has 0 aliphatic carbocycles. The van der Waals surface area contributed by atoms with E-state index in [0.29, 0.717) is 30.0 Å². The van der Waals surface area contributed by atoms with Crippen LogP contribution in [0.2, 0.25) is 0 Å². The summed E-state index contributed by atoms with van der Waals surface area (Å²) >= 11 is 0. The monoisotopic (exact) mass is 331 g/mol. The second-order valence-electron chi connectivity index (χ2n) is 6.16. The van der Waals surface area contributed by atoms with Crippen LogP contribution >= 0.6 is 0 Å². The van der Waals surface area contributed by atoms with Crippen LogP contribution in [0.5, 0.6) is 5.75 Å². The average molecular weight is 331 g/mol. The van der Waals surface area contributed by atoms with E-state index in [1.54, 1.807) is 19.9 Å². The lowest BCUT2D eigenvalue weighted by Gasteiger charge is -2.21. The van der Waals surface area contributed by atoms with E-state index in [0.717, 1.165) is 22.9 Å². The zero-order chi connectivity index (χ0) is 17.4. The maximum absolute atomic E-state index is 12.4. The molecule has 128 valence electrons. The number of hydroxylamine groups is 2. The van der Waals surface area contributed by atoms with Gasteiger partial charge in [-0.25, -0.2) is 9.86 Å². The van der Waals surface area contributed by atoms with E-state index >= 15 is 0 Å². The lowest BCUT2D eigenvalue weighted by atomic mass is 10.0. The molecular formula is C18H21NO5. The molecule has 1 aliphatic rings. The summed E-state index contributed by atoms with van der Waals surface area (Å²) in [6, 6.07) is 3.65. The zero-order valence-corrected chi connectivity index (χ0v) is 14.3. The van der Waals surface area contributed by atoms with E-state index in [9.17, 15) is 9.59 Å². The van der Waals surface area contributed by atoms with Gasteiger partial charge in [-0.15, -0.1) is 0 Å². The Bertz CT molecular complexity index is 849. The molecule has 24 heavy (non-hydrogen) atoms. The maximum Gasteiger partial charge on any atom is 0.339 e. The van der Waals surface area contributed by atoms with Crippen LogP contribution in [-0.2, 0) is 9.63 Å². The summed E-state index contributed by atoms with van der Waals surface area (Å²) in [6.45, 7) is 8.28. The number of rotatable bonds is 3. The summed E-state index contributed by atoms with van der Waals surface area (Å²) in [6.07, 6.45) is 0.134. The molecule has 2 heterocycles. The van der Waals surface area contributed by atoms with Crippen molar-refractivity contribution in [2.45, 2.75) is 40.2 Å². The number of nitrogens with zero attached hydrogens (tertiary/aromatic N) is 1. The van der Waals surface area contributed by atoms with Crippen molar-refractivity contribution in [3.8, 4) is 5.75 Å². The number of benzene rings is 1. The van der Waals surface area contributed by atoms with Crippen molar-refractivity contribution in [1.29, 1.82) is 0 Å². The minimum atomic E-state index is -0.695. The highest BCUT2D eigenvalue weighted by Crippen LogP contribution is 2.31. The van der Waals surface area contributed by atoms with Crippen molar-refractivity contribution in [2.24, 2.45) is 0 Å². The first-order valence-electron chi connectivity index (χ1n) is 8.04. The Balaban J connectivity index is 2.01. The van der Waals surface area contributed by atoms with Crippen molar-refractivity contribution in [1.82, 2.24) is 5.06 Å². The SMILES string of the molecule is Cc1cc(OC(C)C(=O)N2CCCO2)c2c(C)c(C)c(=O)oc2c1. The van der Waals surface area contributed by atoms with E-state index in [4.69, 9.17) is 14.0 Å². The highest BCUT2D eigenvalue weighted by Gasteiger charge is 2.27. The summed E-state index contributed by atoms with van der Waals surface area (Å²) in [4.78, 5) is 29.6. The molecule has 0 N–H and O–H groups in total. The summed E-state index contributed by atoms with van der Waals surface area (Å²) in [5.74, 6) is 0.323. The highest BCUT2D eigenvalue weighted by molar-refractivity contribution is 5.89. The number of aryl methyl sites for hydroxylation is 2. The molecule has 1 aliphatic heterocycles. The van der Waals surface area contributed by atoms with Crippen LogP contribution in [0.1, 0.15) is 30.0 Å². The first kappa shape index (κ1) is 16.5. The standard InChI is InChI=1S/C18H21NO5/c1-10-8-14(23-13(4)17(20)19-6-5-7-22-19)16-11(2)12(3)18(21)24-15(16)9-10/h8-9,13H,5-7H2,1-4H3. The zero-order valence-electron chi connectivity index (χ0n) is 14.3. The summed E-state index contributed by atoms with van der Waals surface area (Å²) < 4.78 is 11.3. The molecule has 1 unspecified atom stereocenters. The van der Waals surface area contributed by atoms with Gasteiger partial charge in [0.05, 0.1) is 18.5 Å². The van der Waals surface area contributed by atoms with E-state index in [1.165, 1.54) is 5.06 Å². The van der Waals surface area contributed by atoms with E-state index in [2.05, 4.69) is 0 Å². The number of amides is 1. The van der Waals surface area contributed by atoms with Gasteiger partial charge in [-0.05, 0) is 57.4 Å². The third kappa shape index (κ3) is 2.89. The fraction of sp³-hybridized carbons (Fsp3) is 0.444. The van der Waals surface area contributed by atoms with Crippen LogP contribution in [0.4, 0.5) is 0 Å². The number of carbonyl (C=O) groups excluding carboxylic acids is 1. The maximum atomic E-state index is 12.4. The van der Waals surface area contributed by atoms with Gasteiger partial charge < -0.3 is 9.15 Å². The molecule has 2 aromatic rings. The first-order valence-corrected chi connectivity index (χ1v) is 8.04. The smallest absolute Gasteiger partial charge is 0.339 e. The minimum absolute atomic E-state index is 0.214. The Morgan fingerprint density at radius 1 is 1.25 bits per heavy atom. The number of hydrogen-bond acceptors (Lipinski definition) is 5. The number of ether oxygens (including phenoxy) is 1. The molecule has 1 aromatic carbocycles. The van der Waals surface area contributed by atoms with Gasteiger partial charge in [0.2, 0.25) is 0 Å². The molecule has 1 saturated heterocycles. The van der Waals surface area contributed by atoms with Crippen LogP contribution in [0.15, 0.2) is 21.3 Å². The Hall–Kier alpha value is -2.34. The molecule has 1 atom stereocenters. The van der Waals surface area contributed by atoms with Crippen molar-refractivity contribution >= 4 is 16.9 Å². The van der Waals surface area contributed by atoms with Crippen LogP contribution in [0, 0.1) is 20.8 Å². The molecule has 3 rings (SSSR count). The van der Waals surface area contributed by atoms with Crippen LogP contribution in [0.3, 0.4) is 0 Å². The summed E-state index contributed by atoms with van der Waals surface area (Å²) in [5, 5.41) is 2.07.